The lowest BCUT2D eigenvalue weighted by molar-refractivity contribution is -0.142. The van der Waals surface area contributed by atoms with Crippen LogP contribution in [0.4, 0.5) is 0 Å². The van der Waals surface area contributed by atoms with Gasteiger partial charge in [0, 0.05) is 18.7 Å². The molecule has 1 rings (SSSR count). The molecule has 0 aromatic heterocycles. The summed E-state index contributed by atoms with van der Waals surface area (Å²) in [6.45, 7) is -0.162. The third-order valence-electron chi connectivity index (χ3n) is 4.59. The number of aliphatic carboxylic acids is 1. The zero-order valence-corrected chi connectivity index (χ0v) is 19.3. The van der Waals surface area contributed by atoms with E-state index in [-0.39, 0.29) is 43.4 Å². The van der Waals surface area contributed by atoms with Gasteiger partial charge in [0.05, 0.1) is 6.54 Å². The number of hydrogen-bond donors (Lipinski definition) is 9. The number of rotatable bonds is 14. The fourth-order valence-electron chi connectivity index (χ4n) is 2.83. The van der Waals surface area contributed by atoms with E-state index in [2.05, 4.69) is 33.6 Å². The lowest BCUT2D eigenvalue weighted by Crippen LogP contribution is -2.57. The summed E-state index contributed by atoms with van der Waals surface area (Å²) in [7, 11) is 0. The Morgan fingerprint density at radius 1 is 0.971 bits per heavy atom. The zero-order valence-electron chi connectivity index (χ0n) is 18.4. The molecule has 34 heavy (non-hydrogen) atoms. The van der Waals surface area contributed by atoms with Crippen molar-refractivity contribution >= 4 is 42.3 Å². The first-order valence-electron chi connectivity index (χ1n) is 10.3. The second kappa shape index (κ2) is 14.6. The molecule has 188 valence electrons. The number of aromatic hydroxyl groups is 1. The molecule has 0 fully saturated rings. The summed E-state index contributed by atoms with van der Waals surface area (Å²) >= 11 is 4.08. The molecular weight excluding hydrogens is 466 g/mol. The van der Waals surface area contributed by atoms with Crippen LogP contribution in [0.15, 0.2) is 29.3 Å². The third-order valence-corrected chi connectivity index (χ3v) is 4.95. The first kappa shape index (κ1) is 28.5. The number of nitrogens with zero attached hydrogens (tertiary/aromatic N) is 1. The maximum absolute atomic E-state index is 12.8. The summed E-state index contributed by atoms with van der Waals surface area (Å²) in [6.07, 6.45) is 0.412. The number of guanidine groups is 1. The number of nitrogens with two attached hydrogens (primary N) is 3. The summed E-state index contributed by atoms with van der Waals surface area (Å²) in [5.74, 6) is -3.52. The molecule has 0 aliphatic heterocycles. The highest BCUT2D eigenvalue weighted by atomic mass is 32.1. The Hall–Kier alpha value is -3.52. The van der Waals surface area contributed by atoms with Gasteiger partial charge in [-0.3, -0.25) is 19.4 Å². The van der Waals surface area contributed by atoms with Crippen LogP contribution in [0.25, 0.3) is 0 Å². The number of carbonyl (C=O) groups excluding carboxylic acids is 3. The molecule has 0 aliphatic rings. The highest BCUT2D eigenvalue weighted by Crippen LogP contribution is 2.12. The van der Waals surface area contributed by atoms with Crippen LogP contribution in [0.2, 0.25) is 0 Å². The molecule has 1 aromatic rings. The quantitative estimate of drug-likeness (QED) is 0.0567. The van der Waals surface area contributed by atoms with E-state index in [1.165, 1.54) is 12.1 Å². The summed E-state index contributed by atoms with van der Waals surface area (Å²) in [4.78, 5) is 52.5. The molecule has 0 heterocycles. The molecule has 0 saturated heterocycles. The van der Waals surface area contributed by atoms with E-state index in [1.54, 1.807) is 12.1 Å². The monoisotopic (exact) mass is 497 g/mol. The molecule has 13 nitrogen and oxygen atoms in total. The molecule has 14 heteroatoms. The number of phenolic OH excluding ortho intramolecular Hbond substituents is 1. The number of carboxylic acid groups (broad SMARTS) is 1. The number of hydrogen-bond acceptors (Lipinski definition) is 8. The summed E-state index contributed by atoms with van der Waals surface area (Å²) < 4.78 is 0. The molecule has 0 saturated carbocycles. The van der Waals surface area contributed by atoms with Crippen molar-refractivity contribution in [1.29, 1.82) is 0 Å². The summed E-state index contributed by atoms with van der Waals surface area (Å²) in [5.41, 5.74) is 16.4. The van der Waals surface area contributed by atoms with E-state index >= 15 is 0 Å². The SMILES string of the molecule is NCC(=O)NC(Cc1ccc(O)cc1)C(=O)NC(CS)C(=O)NC(CCCN=C(N)N)C(=O)O. The first-order chi connectivity index (χ1) is 16.1. The van der Waals surface area contributed by atoms with Crippen LogP contribution in [-0.2, 0) is 25.6 Å². The van der Waals surface area contributed by atoms with Crippen LogP contribution in [0.5, 0.6) is 5.75 Å². The van der Waals surface area contributed by atoms with Crippen LogP contribution >= 0.6 is 12.6 Å². The van der Waals surface area contributed by atoms with Crippen LogP contribution in [0.1, 0.15) is 18.4 Å². The molecule has 0 aliphatic carbocycles. The number of aliphatic imine (C=N–C) groups is 1. The van der Waals surface area contributed by atoms with Gasteiger partial charge in [0.2, 0.25) is 17.7 Å². The fraction of sp³-hybridized carbons (Fsp3) is 0.450. The van der Waals surface area contributed by atoms with Crippen molar-refractivity contribution in [3.8, 4) is 5.75 Å². The number of carbonyl (C=O) groups is 4. The maximum Gasteiger partial charge on any atom is 0.326 e. The number of carboxylic acids is 1. The maximum atomic E-state index is 12.8. The smallest absolute Gasteiger partial charge is 0.326 e. The Kier molecular flexibility index (Phi) is 12.2. The molecule has 3 atom stereocenters. The van der Waals surface area contributed by atoms with Gasteiger partial charge in [0.25, 0.3) is 0 Å². The normalized spacial score (nSPS) is 13.1. The van der Waals surface area contributed by atoms with Gasteiger partial charge in [-0.05, 0) is 30.5 Å². The number of thiol groups is 1. The number of amides is 3. The van der Waals surface area contributed by atoms with E-state index in [0.717, 1.165) is 0 Å². The lowest BCUT2D eigenvalue weighted by atomic mass is 10.0. The van der Waals surface area contributed by atoms with E-state index in [1.807, 2.05) is 0 Å². The van der Waals surface area contributed by atoms with E-state index < -0.39 is 41.8 Å². The van der Waals surface area contributed by atoms with E-state index in [9.17, 15) is 29.4 Å². The average Bonchev–Trinajstić information content (AvgIpc) is 2.79. The molecule has 0 spiro atoms. The van der Waals surface area contributed by atoms with Crippen LogP contribution in [0, 0.1) is 0 Å². The van der Waals surface area contributed by atoms with Gasteiger partial charge >= 0.3 is 5.97 Å². The standard InChI is InChI=1S/C20H31N7O6S/c21-9-16(29)25-14(8-11-3-5-12(28)6-4-11)17(30)27-15(10-34)18(31)26-13(19(32)33)2-1-7-24-20(22)23/h3-6,13-15,28,34H,1-2,7-10,21H2,(H,25,29)(H,26,31)(H,27,30)(H,32,33)(H4,22,23,24). The first-order valence-corrected chi connectivity index (χ1v) is 11.0. The molecule has 11 N–H and O–H groups in total. The van der Waals surface area contributed by atoms with E-state index in [0.29, 0.717) is 12.0 Å². The van der Waals surface area contributed by atoms with Crippen molar-refractivity contribution < 1.29 is 29.4 Å². The lowest BCUT2D eigenvalue weighted by Gasteiger charge is -2.23. The Labute approximate surface area is 201 Å². The molecule has 0 bridgehead atoms. The Morgan fingerprint density at radius 3 is 2.09 bits per heavy atom. The Balaban J connectivity index is 2.85. The topological polar surface area (TPSA) is 235 Å². The van der Waals surface area contributed by atoms with Crippen molar-refractivity contribution in [3.63, 3.8) is 0 Å². The van der Waals surface area contributed by atoms with Crippen LogP contribution in [-0.4, -0.2) is 76.8 Å². The minimum Gasteiger partial charge on any atom is -0.508 e. The van der Waals surface area contributed by atoms with Crippen molar-refractivity contribution in [2.45, 2.75) is 37.4 Å². The number of phenols is 1. The molecule has 1 aromatic carbocycles. The predicted octanol–water partition coefficient (Wildman–Crippen LogP) is -2.58. The highest BCUT2D eigenvalue weighted by molar-refractivity contribution is 7.80. The van der Waals surface area contributed by atoms with Crippen molar-refractivity contribution in [3.05, 3.63) is 29.8 Å². The summed E-state index contributed by atoms with van der Waals surface area (Å²) in [6, 6.07) is 2.53. The largest absolute Gasteiger partial charge is 0.508 e. The van der Waals surface area contributed by atoms with Gasteiger partial charge in [-0.15, -0.1) is 0 Å². The van der Waals surface area contributed by atoms with Crippen molar-refractivity contribution in [2.75, 3.05) is 18.8 Å². The van der Waals surface area contributed by atoms with Crippen molar-refractivity contribution in [1.82, 2.24) is 16.0 Å². The van der Waals surface area contributed by atoms with Crippen LogP contribution in [0.3, 0.4) is 0 Å². The Morgan fingerprint density at radius 2 is 1.56 bits per heavy atom. The second-order valence-corrected chi connectivity index (χ2v) is 7.65. The van der Waals surface area contributed by atoms with Crippen molar-refractivity contribution in [2.24, 2.45) is 22.2 Å². The molecule has 0 radical (unpaired) electrons. The van der Waals surface area contributed by atoms with Gasteiger partial charge in [-0.1, -0.05) is 12.1 Å². The van der Waals surface area contributed by atoms with E-state index in [4.69, 9.17) is 17.2 Å². The minimum atomic E-state index is -1.26. The van der Waals surface area contributed by atoms with Crippen LogP contribution < -0.4 is 33.2 Å². The molecular formula is C20H31N7O6S. The number of nitrogens with one attached hydrogen (secondary N) is 3. The van der Waals surface area contributed by atoms with Gasteiger partial charge in [-0.2, -0.15) is 12.6 Å². The Bertz CT molecular complexity index is 877. The second-order valence-electron chi connectivity index (χ2n) is 7.29. The highest BCUT2D eigenvalue weighted by Gasteiger charge is 2.28. The molecule has 3 amide bonds. The minimum absolute atomic E-state index is 0.0360. The summed E-state index contributed by atoms with van der Waals surface area (Å²) in [5, 5.41) is 26.1. The van der Waals surface area contributed by atoms with Gasteiger partial charge in [-0.25, -0.2) is 4.79 Å². The predicted molar refractivity (Wildman–Crippen MR) is 128 cm³/mol. The van der Waals surface area contributed by atoms with Gasteiger partial charge in [0.15, 0.2) is 5.96 Å². The average molecular weight is 498 g/mol. The molecule has 3 unspecified atom stereocenters. The number of benzene rings is 1. The van der Waals surface area contributed by atoms with Gasteiger partial charge in [0.1, 0.15) is 23.9 Å². The third kappa shape index (κ3) is 10.4. The van der Waals surface area contributed by atoms with Gasteiger partial charge < -0.3 is 43.4 Å². The zero-order chi connectivity index (χ0) is 25.7. The fourth-order valence-corrected chi connectivity index (χ4v) is 3.09.